The van der Waals surface area contributed by atoms with Crippen LogP contribution in [0.2, 0.25) is 0 Å². The van der Waals surface area contributed by atoms with E-state index in [1.54, 1.807) is 11.3 Å². The van der Waals surface area contributed by atoms with E-state index in [9.17, 15) is 13.2 Å². The molecule has 0 unspecified atom stereocenters. The van der Waals surface area contributed by atoms with E-state index in [1.807, 2.05) is 31.2 Å². The Bertz CT molecular complexity index is 565. The summed E-state index contributed by atoms with van der Waals surface area (Å²) < 4.78 is 42.4. The van der Waals surface area contributed by atoms with E-state index in [4.69, 9.17) is 4.74 Å². The number of alkyl halides is 3. The maximum absolute atomic E-state index is 12.2. The number of hydrogen-bond donors (Lipinski definition) is 1. The van der Waals surface area contributed by atoms with Gasteiger partial charge in [-0.3, -0.25) is 0 Å². The van der Waals surface area contributed by atoms with Gasteiger partial charge in [-0.15, -0.1) is 11.3 Å². The molecule has 6 heteroatoms. The first-order chi connectivity index (χ1) is 9.51. The summed E-state index contributed by atoms with van der Waals surface area (Å²) in [6.45, 7) is 2.24. The Morgan fingerprint density at radius 3 is 2.70 bits per heavy atom. The van der Waals surface area contributed by atoms with Crippen molar-refractivity contribution in [3.05, 3.63) is 34.7 Å². The van der Waals surface area contributed by atoms with Gasteiger partial charge in [-0.25, -0.2) is 0 Å². The van der Waals surface area contributed by atoms with Crippen molar-refractivity contribution in [1.82, 2.24) is 5.32 Å². The minimum absolute atomic E-state index is 0.00967. The van der Waals surface area contributed by atoms with E-state index in [1.165, 1.54) is 0 Å². The summed E-state index contributed by atoms with van der Waals surface area (Å²) in [6, 6.07) is 7.71. The van der Waals surface area contributed by atoms with Crippen LogP contribution in [0.5, 0.6) is 0 Å². The first-order valence-corrected chi connectivity index (χ1v) is 7.17. The van der Waals surface area contributed by atoms with Crippen molar-refractivity contribution in [3.63, 3.8) is 0 Å². The van der Waals surface area contributed by atoms with Crippen molar-refractivity contribution in [2.24, 2.45) is 0 Å². The number of ether oxygens (including phenoxy) is 1. The summed E-state index contributed by atoms with van der Waals surface area (Å²) in [5.74, 6) is 0. The number of rotatable bonds is 6. The fourth-order valence-electron chi connectivity index (χ4n) is 1.96. The minimum atomic E-state index is -4.28. The van der Waals surface area contributed by atoms with Crippen LogP contribution in [0.25, 0.3) is 10.1 Å². The summed E-state index contributed by atoms with van der Waals surface area (Å²) in [6.07, 6.45) is -4.28. The lowest BCUT2D eigenvalue weighted by Gasteiger charge is -2.09. The third-order valence-corrected chi connectivity index (χ3v) is 4.04. The number of hydrogen-bond acceptors (Lipinski definition) is 3. The van der Waals surface area contributed by atoms with Gasteiger partial charge in [-0.1, -0.05) is 25.1 Å². The second-order valence-corrected chi connectivity index (χ2v) is 5.53. The van der Waals surface area contributed by atoms with Gasteiger partial charge >= 0.3 is 6.18 Å². The predicted molar refractivity (Wildman–Crippen MR) is 74.9 cm³/mol. The van der Waals surface area contributed by atoms with E-state index in [0.29, 0.717) is 6.54 Å². The molecular formula is C14H16F3NOS. The third-order valence-electron chi connectivity index (χ3n) is 2.83. The average Bonchev–Trinajstić information content (AvgIpc) is 2.73. The molecule has 2 nitrogen and oxygen atoms in total. The van der Waals surface area contributed by atoms with Gasteiger partial charge in [0.05, 0.1) is 6.61 Å². The zero-order chi connectivity index (χ0) is 14.6. The van der Waals surface area contributed by atoms with Crippen LogP contribution in [0, 0.1) is 0 Å². The quantitative estimate of drug-likeness (QED) is 0.868. The van der Waals surface area contributed by atoms with Crippen molar-refractivity contribution in [3.8, 4) is 0 Å². The van der Waals surface area contributed by atoms with Crippen molar-refractivity contribution < 1.29 is 17.9 Å². The summed E-state index contributed by atoms with van der Waals surface area (Å²) in [5, 5.41) is 4.18. The Morgan fingerprint density at radius 1 is 1.25 bits per heavy atom. The van der Waals surface area contributed by atoms with Crippen LogP contribution in [0.3, 0.4) is 0 Å². The first kappa shape index (κ1) is 15.3. The van der Waals surface area contributed by atoms with Gasteiger partial charge in [0.2, 0.25) is 0 Å². The molecule has 0 radical (unpaired) electrons. The molecule has 0 atom stereocenters. The van der Waals surface area contributed by atoms with Gasteiger partial charge in [0.15, 0.2) is 0 Å². The van der Waals surface area contributed by atoms with Crippen LogP contribution in [0.15, 0.2) is 24.3 Å². The fraction of sp³-hybridized carbons (Fsp3) is 0.429. The van der Waals surface area contributed by atoms with Crippen LogP contribution >= 0.6 is 11.3 Å². The zero-order valence-corrected chi connectivity index (χ0v) is 11.9. The molecule has 0 spiro atoms. The van der Waals surface area contributed by atoms with Gasteiger partial charge < -0.3 is 10.1 Å². The molecule has 0 saturated heterocycles. The highest BCUT2D eigenvalue weighted by molar-refractivity contribution is 7.19. The van der Waals surface area contributed by atoms with E-state index in [2.05, 4.69) is 5.32 Å². The predicted octanol–water partition coefficient (Wildman–Crippen LogP) is 4.09. The van der Waals surface area contributed by atoms with E-state index in [0.717, 1.165) is 27.1 Å². The second kappa shape index (κ2) is 6.56. The molecule has 1 aromatic heterocycles. The maximum Gasteiger partial charge on any atom is 0.411 e. The Hall–Kier alpha value is -1.11. The van der Waals surface area contributed by atoms with E-state index in [-0.39, 0.29) is 6.61 Å². The number of fused-ring (bicyclic) bond motifs is 1. The molecule has 2 rings (SSSR count). The highest BCUT2D eigenvalue weighted by Gasteiger charge is 2.27. The van der Waals surface area contributed by atoms with Crippen LogP contribution in [0.4, 0.5) is 13.2 Å². The van der Waals surface area contributed by atoms with E-state index >= 15 is 0 Å². The summed E-state index contributed by atoms with van der Waals surface area (Å²) >= 11 is 1.60. The number of nitrogens with one attached hydrogen (secondary N) is 1. The van der Waals surface area contributed by atoms with Gasteiger partial charge in [0.1, 0.15) is 6.61 Å². The molecule has 1 aromatic carbocycles. The molecule has 0 amide bonds. The normalized spacial score (nSPS) is 12.2. The minimum Gasteiger partial charge on any atom is -0.367 e. The molecule has 20 heavy (non-hydrogen) atoms. The fourth-order valence-corrected chi connectivity index (χ4v) is 3.14. The van der Waals surface area contributed by atoms with Crippen molar-refractivity contribution in [2.75, 3.05) is 13.2 Å². The lowest BCUT2D eigenvalue weighted by atomic mass is 10.1. The van der Waals surface area contributed by atoms with E-state index < -0.39 is 12.8 Å². The van der Waals surface area contributed by atoms with Crippen LogP contribution in [-0.4, -0.2) is 19.3 Å². The van der Waals surface area contributed by atoms with Crippen LogP contribution < -0.4 is 5.32 Å². The van der Waals surface area contributed by atoms with Gasteiger partial charge in [-0.05, 0) is 18.0 Å². The molecule has 0 fully saturated rings. The molecule has 1 N–H and O–H groups in total. The van der Waals surface area contributed by atoms with Crippen molar-refractivity contribution in [1.29, 1.82) is 0 Å². The van der Waals surface area contributed by atoms with Gasteiger partial charge in [0, 0.05) is 21.7 Å². The summed E-state index contributed by atoms with van der Waals surface area (Å²) in [4.78, 5) is 1.04. The Labute approximate surface area is 119 Å². The lowest BCUT2D eigenvalue weighted by molar-refractivity contribution is -0.176. The molecule has 0 bridgehead atoms. The molecule has 0 aliphatic rings. The Morgan fingerprint density at radius 2 is 2.00 bits per heavy atom. The number of halogens is 3. The molecule has 1 heterocycles. The Balaban J connectivity index is 2.19. The summed E-state index contributed by atoms with van der Waals surface area (Å²) in [5.41, 5.74) is 0.857. The topological polar surface area (TPSA) is 21.3 Å². The monoisotopic (exact) mass is 303 g/mol. The second-order valence-electron chi connectivity index (χ2n) is 4.39. The first-order valence-electron chi connectivity index (χ1n) is 6.35. The number of benzene rings is 1. The molecular weight excluding hydrogens is 287 g/mol. The zero-order valence-electron chi connectivity index (χ0n) is 11.1. The van der Waals surface area contributed by atoms with Crippen LogP contribution in [0.1, 0.15) is 17.4 Å². The van der Waals surface area contributed by atoms with Gasteiger partial charge in [-0.2, -0.15) is 13.2 Å². The van der Waals surface area contributed by atoms with Crippen LogP contribution in [-0.2, 0) is 17.9 Å². The molecule has 0 saturated carbocycles. The molecule has 2 aromatic rings. The highest BCUT2D eigenvalue weighted by Crippen LogP contribution is 2.32. The summed E-state index contributed by atoms with van der Waals surface area (Å²) in [7, 11) is 0. The van der Waals surface area contributed by atoms with Gasteiger partial charge in [0.25, 0.3) is 0 Å². The van der Waals surface area contributed by atoms with Crippen molar-refractivity contribution in [2.45, 2.75) is 26.3 Å². The Kier molecular flexibility index (Phi) is 5.01. The third kappa shape index (κ3) is 3.94. The standard InChI is InChI=1S/C14H16F3NOS/c1-2-18-7-13-11(8-19-9-14(15,16)17)10-5-3-4-6-12(10)20-13/h3-6,18H,2,7-9H2,1H3. The maximum atomic E-state index is 12.2. The molecule has 0 aliphatic carbocycles. The highest BCUT2D eigenvalue weighted by atomic mass is 32.1. The SMILES string of the molecule is CCNCc1sc2ccccc2c1COCC(F)(F)F. The largest absolute Gasteiger partial charge is 0.411 e. The molecule has 110 valence electrons. The van der Waals surface area contributed by atoms with Crippen molar-refractivity contribution >= 4 is 21.4 Å². The molecule has 0 aliphatic heterocycles. The number of thiophene rings is 1. The average molecular weight is 303 g/mol. The smallest absolute Gasteiger partial charge is 0.367 e. The lowest BCUT2D eigenvalue weighted by Crippen LogP contribution is -2.17.